The fourth-order valence-corrected chi connectivity index (χ4v) is 6.38. The third-order valence-corrected chi connectivity index (χ3v) is 9.31. The number of aromatic nitrogens is 2. The zero-order valence-electron chi connectivity index (χ0n) is 29.7. The van der Waals surface area contributed by atoms with Gasteiger partial charge in [-0.15, -0.1) is 0 Å². The van der Waals surface area contributed by atoms with Crippen LogP contribution in [-0.4, -0.2) is 4.57 Å². The summed E-state index contributed by atoms with van der Waals surface area (Å²) < 4.78 is 4.70. The first-order chi connectivity index (χ1) is 21.3. The lowest BCUT2D eigenvalue weighted by Gasteiger charge is -2.14. The van der Waals surface area contributed by atoms with Crippen LogP contribution in [-0.2, 0) is 7.05 Å². The standard InChI is InChI=1S/C41H77N2/c1-4-6-8-10-12-14-16-18-20-22-24-26-28-30-32-34-36-41(43-39-38-42(3)40-43)37-35-33-31-29-27-25-23-21-19-17-15-13-11-9-7-5-2/h18-21,38-41H,4-17,22-37H2,1-3H3/q+1. The van der Waals surface area contributed by atoms with Crippen molar-refractivity contribution in [3.63, 3.8) is 0 Å². The van der Waals surface area contributed by atoms with Crippen LogP contribution in [0.2, 0.25) is 0 Å². The molecule has 0 saturated carbocycles. The predicted octanol–water partition coefficient (Wildman–Crippen LogP) is 13.7. The molecule has 1 aromatic rings. The molecule has 250 valence electrons. The normalized spacial score (nSPS) is 12.7. The lowest BCUT2D eigenvalue weighted by atomic mass is 9.99. The minimum absolute atomic E-state index is 0.690. The van der Waals surface area contributed by atoms with Gasteiger partial charge in [0.15, 0.2) is 0 Å². The van der Waals surface area contributed by atoms with Crippen molar-refractivity contribution in [3.05, 3.63) is 43.0 Å². The molecule has 0 spiro atoms. The molecule has 2 heteroatoms. The molecule has 0 radical (unpaired) electrons. The van der Waals surface area contributed by atoms with Crippen molar-refractivity contribution in [1.29, 1.82) is 0 Å². The number of rotatable bonds is 33. The van der Waals surface area contributed by atoms with Gasteiger partial charge in [-0.2, -0.15) is 0 Å². The maximum absolute atomic E-state index is 2.50. The molecule has 0 N–H and O–H groups in total. The van der Waals surface area contributed by atoms with Gasteiger partial charge in [0.25, 0.3) is 0 Å². The van der Waals surface area contributed by atoms with Crippen LogP contribution in [0.15, 0.2) is 43.0 Å². The zero-order valence-corrected chi connectivity index (χ0v) is 29.7. The maximum atomic E-state index is 2.50. The van der Waals surface area contributed by atoms with Crippen LogP contribution >= 0.6 is 0 Å². The van der Waals surface area contributed by atoms with Gasteiger partial charge in [0.1, 0.15) is 18.4 Å². The Morgan fingerprint density at radius 1 is 0.465 bits per heavy atom. The first-order valence-corrected chi connectivity index (χ1v) is 19.6. The summed E-state index contributed by atoms with van der Waals surface area (Å²) in [5.41, 5.74) is 0. The van der Waals surface area contributed by atoms with Gasteiger partial charge in [0.05, 0.1) is 7.05 Å². The number of aryl methyl sites for hydroxylation is 1. The van der Waals surface area contributed by atoms with Crippen molar-refractivity contribution in [2.45, 2.75) is 213 Å². The summed E-state index contributed by atoms with van der Waals surface area (Å²) in [5.74, 6) is 0. The Morgan fingerprint density at radius 2 is 0.791 bits per heavy atom. The third-order valence-electron chi connectivity index (χ3n) is 9.31. The molecule has 0 saturated heterocycles. The summed E-state index contributed by atoms with van der Waals surface area (Å²) in [5, 5.41) is 0. The van der Waals surface area contributed by atoms with Crippen molar-refractivity contribution in [1.82, 2.24) is 4.57 Å². The monoisotopic (exact) mass is 598 g/mol. The molecule has 43 heavy (non-hydrogen) atoms. The Bertz CT molecular complexity index is 688. The van der Waals surface area contributed by atoms with Crippen LogP contribution in [0, 0.1) is 0 Å². The highest BCUT2D eigenvalue weighted by Gasteiger charge is 2.15. The first kappa shape index (κ1) is 39.7. The van der Waals surface area contributed by atoms with E-state index in [1.165, 1.54) is 193 Å². The van der Waals surface area contributed by atoms with E-state index in [1.54, 1.807) is 0 Å². The Morgan fingerprint density at radius 3 is 1.12 bits per heavy atom. The van der Waals surface area contributed by atoms with Crippen LogP contribution in [0.1, 0.15) is 213 Å². The Labute approximate surface area is 271 Å². The van der Waals surface area contributed by atoms with E-state index < -0.39 is 0 Å². The zero-order chi connectivity index (χ0) is 30.9. The minimum Gasteiger partial charge on any atom is -0.240 e. The first-order valence-electron chi connectivity index (χ1n) is 19.6. The Hall–Kier alpha value is -1.31. The molecule has 1 aromatic heterocycles. The smallest absolute Gasteiger partial charge is 0.240 e. The van der Waals surface area contributed by atoms with Gasteiger partial charge < -0.3 is 0 Å². The second kappa shape index (κ2) is 32.1. The van der Waals surface area contributed by atoms with Gasteiger partial charge in [0.2, 0.25) is 6.33 Å². The molecule has 0 aliphatic heterocycles. The summed E-state index contributed by atoms with van der Waals surface area (Å²) in [7, 11) is 2.15. The topological polar surface area (TPSA) is 8.81 Å². The van der Waals surface area contributed by atoms with Gasteiger partial charge >= 0.3 is 0 Å². The minimum atomic E-state index is 0.690. The second-order valence-electron chi connectivity index (χ2n) is 13.6. The van der Waals surface area contributed by atoms with Gasteiger partial charge in [-0.3, -0.25) is 0 Å². The largest absolute Gasteiger partial charge is 0.243 e. The van der Waals surface area contributed by atoms with Crippen molar-refractivity contribution in [3.8, 4) is 0 Å². The summed E-state index contributed by atoms with van der Waals surface area (Å²) in [6, 6.07) is 0.690. The van der Waals surface area contributed by atoms with Crippen LogP contribution in [0.3, 0.4) is 0 Å². The van der Waals surface area contributed by atoms with Gasteiger partial charge in [0, 0.05) is 0 Å². The number of unbranched alkanes of at least 4 members (excludes halogenated alkanes) is 24. The fourth-order valence-electron chi connectivity index (χ4n) is 6.38. The summed E-state index contributed by atoms with van der Waals surface area (Å²) in [6.45, 7) is 4.59. The van der Waals surface area contributed by atoms with E-state index in [0.717, 1.165) is 0 Å². The highest BCUT2D eigenvalue weighted by atomic mass is 15.1. The van der Waals surface area contributed by atoms with E-state index in [0.29, 0.717) is 6.04 Å². The van der Waals surface area contributed by atoms with Crippen molar-refractivity contribution >= 4 is 0 Å². The van der Waals surface area contributed by atoms with Gasteiger partial charge in [-0.1, -0.05) is 154 Å². The van der Waals surface area contributed by atoms with Crippen molar-refractivity contribution in [2.75, 3.05) is 0 Å². The number of nitrogens with zero attached hydrogens (tertiary/aromatic N) is 2. The average molecular weight is 598 g/mol. The predicted molar refractivity (Wildman–Crippen MR) is 193 cm³/mol. The summed E-state index contributed by atoms with van der Waals surface area (Å²) in [6.07, 6.45) is 58.2. The van der Waals surface area contributed by atoms with E-state index in [4.69, 9.17) is 0 Å². The molecule has 0 bridgehead atoms. The van der Waals surface area contributed by atoms with E-state index in [-0.39, 0.29) is 0 Å². The summed E-state index contributed by atoms with van der Waals surface area (Å²) in [4.78, 5) is 0. The second-order valence-corrected chi connectivity index (χ2v) is 13.6. The van der Waals surface area contributed by atoms with Crippen molar-refractivity contribution < 1.29 is 4.57 Å². The van der Waals surface area contributed by atoms with Crippen LogP contribution in [0.5, 0.6) is 0 Å². The van der Waals surface area contributed by atoms with E-state index in [1.807, 2.05) is 0 Å². The molecule has 0 atom stereocenters. The van der Waals surface area contributed by atoms with Gasteiger partial charge in [-0.05, 0) is 77.0 Å². The van der Waals surface area contributed by atoms with Gasteiger partial charge in [-0.25, -0.2) is 9.13 Å². The lowest BCUT2D eigenvalue weighted by Crippen LogP contribution is -2.24. The highest BCUT2D eigenvalue weighted by Crippen LogP contribution is 2.23. The Balaban J connectivity index is 2.01. The molecule has 0 unspecified atom stereocenters. The maximum Gasteiger partial charge on any atom is 0.243 e. The number of allylic oxidation sites excluding steroid dienone is 4. The molecular formula is C41H77N2+. The van der Waals surface area contributed by atoms with Crippen LogP contribution in [0.25, 0.3) is 0 Å². The van der Waals surface area contributed by atoms with Crippen molar-refractivity contribution in [2.24, 2.45) is 7.05 Å². The van der Waals surface area contributed by atoms with Crippen LogP contribution < -0.4 is 4.57 Å². The molecule has 0 aliphatic rings. The SMILES string of the molecule is CCCCCCCCC=CCCCCCCCCC(CCCCCCCCC=CCCCCCCCC)n1cc[n+](C)c1. The molecule has 0 fully saturated rings. The molecular weight excluding hydrogens is 520 g/mol. The molecule has 1 heterocycles. The Kier molecular flexibility index (Phi) is 29.6. The van der Waals surface area contributed by atoms with E-state index in [9.17, 15) is 0 Å². The van der Waals surface area contributed by atoms with E-state index in [2.05, 4.69) is 73.1 Å². The average Bonchev–Trinajstić information content (AvgIpc) is 3.45. The van der Waals surface area contributed by atoms with Crippen LogP contribution in [0.4, 0.5) is 0 Å². The molecule has 0 aliphatic carbocycles. The lowest BCUT2D eigenvalue weighted by molar-refractivity contribution is -0.671. The molecule has 0 amide bonds. The molecule has 0 aromatic carbocycles. The number of hydrogen-bond acceptors (Lipinski definition) is 0. The molecule has 1 rings (SSSR count). The third kappa shape index (κ3) is 26.8. The quantitative estimate of drug-likeness (QED) is 0.0433. The fraction of sp³-hybridized carbons (Fsp3) is 0.829. The highest BCUT2D eigenvalue weighted by molar-refractivity contribution is 4.82. The number of imidazole rings is 1. The molecule has 2 nitrogen and oxygen atoms in total. The summed E-state index contributed by atoms with van der Waals surface area (Å²) >= 11 is 0. The van der Waals surface area contributed by atoms with E-state index >= 15 is 0 Å². The number of hydrogen-bond donors (Lipinski definition) is 0.